The first-order valence-electron chi connectivity index (χ1n) is 4.83. The molecule has 0 aromatic carbocycles. The Bertz CT molecular complexity index is 156. The molecule has 2 nitrogen and oxygen atoms in total. The molecule has 1 fully saturated rings. The van der Waals surface area contributed by atoms with Gasteiger partial charge >= 0.3 is 0 Å². The van der Waals surface area contributed by atoms with Crippen LogP contribution in [-0.4, -0.2) is 24.4 Å². The Morgan fingerprint density at radius 1 is 1.25 bits per heavy atom. The van der Waals surface area contributed by atoms with Crippen molar-refractivity contribution in [2.24, 2.45) is 5.73 Å². The van der Waals surface area contributed by atoms with E-state index in [4.69, 9.17) is 5.73 Å². The second-order valence-corrected chi connectivity index (χ2v) is 10.5. The fraction of sp³-hybridized carbons (Fsp3) is 1.00. The third kappa shape index (κ3) is 1.89. The predicted octanol–water partition coefficient (Wildman–Crippen LogP) is 1.50. The smallest absolute Gasteiger partial charge is 0.0820 e. The molecule has 1 saturated carbocycles. The van der Waals surface area contributed by atoms with Crippen LogP contribution in [0.15, 0.2) is 0 Å². The molecule has 0 spiro atoms. The van der Waals surface area contributed by atoms with E-state index in [1.807, 2.05) is 0 Å². The van der Waals surface area contributed by atoms with Crippen LogP contribution in [0.4, 0.5) is 0 Å². The van der Waals surface area contributed by atoms with Gasteiger partial charge < -0.3 is 10.8 Å². The van der Waals surface area contributed by atoms with Crippen LogP contribution in [0.2, 0.25) is 19.6 Å². The van der Waals surface area contributed by atoms with Gasteiger partial charge in [0.15, 0.2) is 0 Å². The van der Waals surface area contributed by atoms with Crippen molar-refractivity contribution in [3.05, 3.63) is 0 Å². The normalized spacial score (nSPS) is 38.2. The zero-order valence-electron chi connectivity index (χ0n) is 8.43. The van der Waals surface area contributed by atoms with Crippen LogP contribution in [0, 0.1) is 0 Å². The average Bonchev–Trinajstić information content (AvgIpc) is 1.93. The summed E-state index contributed by atoms with van der Waals surface area (Å²) in [7, 11) is -1.41. The van der Waals surface area contributed by atoms with Gasteiger partial charge in [0.1, 0.15) is 0 Å². The molecule has 0 unspecified atom stereocenters. The van der Waals surface area contributed by atoms with Gasteiger partial charge in [-0.3, -0.25) is 0 Å². The third-order valence-corrected chi connectivity index (χ3v) is 6.55. The quantitative estimate of drug-likeness (QED) is 0.611. The summed E-state index contributed by atoms with van der Waals surface area (Å²) in [5.41, 5.74) is 5.80. The Morgan fingerprint density at radius 3 is 2.00 bits per heavy atom. The van der Waals surface area contributed by atoms with E-state index in [9.17, 15) is 5.11 Å². The average molecular weight is 187 g/mol. The summed E-state index contributed by atoms with van der Waals surface area (Å²) < 4.78 is 0. The molecule has 3 N–H and O–H groups in total. The molecule has 0 heterocycles. The van der Waals surface area contributed by atoms with Crippen LogP contribution in [0.5, 0.6) is 0 Å². The van der Waals surface area contributed by atoms with Crippen LogP contribution >= 0.6 is 0 Å². The predicted molar refractivity (Wildman–Crippen MR) is 54.7 cm³/mol. The van der Waals surface area contributed by atoms with E-state index in [0.29, 0.717) is 6.04 Å². The number of nitrogens with two attached hydrogens (primary N) is 1. The Hall–Kier alpha value is 0.137. The maximum Gasteiger partial charge on any atom is 0.0820 e. The molecule has 0 saturated heterocycles. The van der Waals surface area contributed by atoms with Gasteiger partial charge in [0.2, 0.25) is 0 Å². The lowest BCUT2D eigenvalue weighted by molar-refractivity contribution is 0.0681. The fourth-order valence-corrected chi connectivity index (χ4v) is 3.66. The number of hydrogen-bond donors (Lipinski definition) is 2. The van der Waals surface area contributed by atoms with Gasteiger partial charge in [-0.15, -0.1) is 0 Å². The highest BCUT2D eigenvalue weighted by molar-refractivity contribution is 6.78. The van der Waals surface area contributed by atoms with Crippen molar-refractivity contribution in [2.45, 2.75) is 56.6 Å². The lowest BCUT2D eigenvalue weighted by atomic mass is 9.93. The van der Waals surface area contributed by atoms with E-state index < -0.39 is 8.07 Å². The molecule has 0 atom stereocenters. The zero-order valence-corrected chi connectivity index (χ0v) is 9.43. The molecule has 0 amide bonds. The molecular weight excluding hydrogens is 166 g/mol. The van der Waals surface area contributed by atoms with Crippen molar-refractivity contribution in [3.8, 4) is 0 Å². The van der Waals surface area contributed by atoms with Crippen molar-refractivity contribution in [3.63, 3.8) is 0 Å². The first-order valence-corrected chi connectivity index (χ1v) is 8.33. The van der Waals surface area contributed by atoms with Crippen molar-refractivity contribution >= 4 is 8.07 Å². The maximum absolute atomic E-state index is 10.3. The molecular formula is C9H21NOSi. The second-order valence-electron chi connectivity index (χ2n) is 5.12. The second kappa shape index (κ2) is 3.12. The summed E-state index contributed by atoms with van der Waals surface area (Å²) >= 11 is 0. The fourth-order valence-electron chi connectivity index (χ4n) is 1.87. The van der Waals surface area contributed by atoms with Crippen molar-refractivity contribution < 1.29 is 5.11 Å². The standard InChI is InChI=1S/C9H21NOSi/c1-12(2,3)9(11)6-4-8(10)5-7-9/h8,11H,4-7,10H2,1-3H3. The van der Waals surface area contributed by atoms with Crippen LogP contribution < -0.4 is 5.73 Å². The van der Waals surface area contributed by atoms with Gasteiger partial charge in [-0.2, -0.15) is 0 Å². The van der Waals surface area contributed by atoms with Crippen LogP contribution in [-0.2, 0) is 0 Å². The summed E-state index contributed by atoms with van der Waals surface area (Å²) in [6.07, 6.45) is 3.84. The minimum atomic E-state index is -1.41. The van der Waals surface area contributed by atoms with Gasteiger partial charge in [0, 0.05) is 6.04 Å². The van der Waals surface area contributed by atoms with E-state index in [2.05, 4.69) is 19.6 Å². The monoisotopic (exact) mass is 187 g/mol. The van der Waals surface area contributed by atoms with Gasteiger partial charge in [0.25, 0.3) is 0 Å². The van der Waals surface area contributed by atoms with Crippen LogP contribution in [0.1, 0.15) is 25.7 Å². The highest BCUT2D eigenvalue weighted by Gasteiger charge is 2.43. The number of hydrogen-bond acceptors (Lipinski definition) is 2. The molecule has 0 radical (unpaired) electrons. The summed E-state index contributed by atoms with van der Waals surface area (Å²) in [5, 5.41) is 9.99. The summed E-state index contributed by atoms with van der Waals surface area (Å²) in [6, 6.07) is 0.335. The Balaban J connectivity index is 2.62. The molecule has 3 heteroatoms. The van der Waals surface area contributed by atoms with E-state index in [1.165, 1.54) is 0 Å². The van der Waals surface area contributed by atoms with Crippen LogP contribution in [0.25, 0.3) is 0 Å². The Labute approximate surface area is 76.2 Å². The third-order valence-electron chi connectivity index (χ3n) is 3.25. The minimum Gasteiger partial charge on any atom is -0.393 e. The lowest BCUT2D eigenvalue weighted by Gasteiger charge is -2.43. The van der Waals surface area contributed by atoms with E-state index in [0.717, 1.165) is 25.7 Å². The molecule has 0 aliphatic heterocycles. The van der Waals surface area contributed by atoms with Gasteiger partial charge in [-0.1, -0.05) is 19.6 Å². The van der Waals surface area contributed by atoms with Gasteiger partial charge in [0.05, 0.1) is 13.3 Å². The molecule has 12 heavy (non-hydrogen) atoms. The SMILES string of the molecule is C[Si](C)(C)C1(O)CCC(N)CC1. The molecule has 0 aromatic rings. The largest absolute Gasteiger partial charge is 0.393 e. The first-order chi connectivity index (χ1) is 5.35. The Morgan fingerprint density at radius 2 is 1.67 bits per heavy atom. The van der Waals surface area contributed by atoms with E-state index in [-0.39, 0.29) is 5.22 Å². The highest BCUT2D eigenvalue weighted by Crippen LogP contribution is 2.35. The van der Waals surface area contributed by atoms with Crippen LogP contribution in [0.3, 0.4) is 0 Å². The van der Waals surface area contributed by atoms with Crippen molar-refractivity contribution in [1.82, 2.24) is 0 Å². The molecule has 1 rings (SSSR count). The summed E-state index contributed by atoms with van der Waals surface area (Å²) in [4.78, 5) is 0. The minimum absolute atomic E-state index is 0.335. The van der Waals surface area contributed by atoms with Gasteiger partial charge in [-0.25, -0.2) is 0 Å². The summed E-state index contributed by atoms with van der Waals surface area (Å²) in [5.74, 6) is 0. The molecule has 0 bridgehead atoms. The molecule has 1 aliphatic carbocycles. The van der Waals surface area contributed by atoms with Gasteiger partial charge in [-0.05, 0) is 25.7 Å². The van der Waals surface area contributed by atoms with E-state index in [1.54, 1.807) is 0 Å². The van der Waals surface area contributed by atoms with E-state index >= 15 is 0 Å². The molecule has 0 aromatic heterocycles. The maximum atomic E-state index is 10.3. The van der Waals surface area contributed by atoms with Crippen molar-refractivity contribution in [1.29, 1.82) is 0 Å². The number of aliphatic hydroxyl groups is 1. The summed E-state index contributed by atoms with van der Waals surface area (Å²) in [6.45, 7) is 6.72. The topological polar surface area (TPSA) is 46.2 Å². The molecule has 1 aliphatic rings. The highest BCUT2D eigenvalue weighted by atomic mass is 28.3. The Kier molecular flexibility index (Phi) is 2.66. The molecule has 72 valence electrons. The number of rotatable bonds is 1. The zero-order chi connectivity index (χ0) is 9.41. The first kappa shape index (κ1) is 10.2. The van der Waals surface area contributed by atoms with Crippen molar-refractivity contribution in [2.75, 3.05) is 0 Å². The lowest BCUT2D eigenvalue weighted by Crippen LogP contribution is -2.55.